The average molecular weight is 417 g/mol. The number of rotatable bonds is 6. The van der Waals surface area contributed by atoms with Crippen molar-refractivity contribution in [3.8, 4) is 0 Å². The molecule has 30 heavy (non-hydrogen) atoms. The first-order valence-corrected chi connectivity index (χ1v) is 11.0. The maximum Gasteiger partial charge on any atom is 0.229 e. The van der Waals surface area contributed by atoms with E-state index in [4.69, 9.17) is 0 Å². The van der Waals surface area contributed by atoms with Gasteiger partial charge in [-0.2, -0.15) is 0 Å². The van der Waals surface area contributed by atoms with E-state index in [1.54, 1.807) is 11.8 Å². The van der Waals surface area contributed by atoms with Crippen molar-refractivity contribution in [1.29, 1.82) is 0 Å². The Hall–Kier alpha value is -3.05. The summed E-state index contributed by atoms with van der Waals surface area (Å²) < 4.78 is 0. The van der Waals surface area contributed by atoms with Gasteiger partial charge in [-0.3, -0.25) is 9.59 Å². The van der Waals surface area contributed by atoms with Gasteiger partial charge in [0.15, 0.2) is 0 Å². The SMILES string of the molecule is O=C(C[C@H]1C(=O)Nc2ccccc2S[C@@H]1c1ccccc1)NCCc1ccccc1. The zero-order chi connectivity index (χ0) is 20.8. The van der Waals surface area contributed by atoms with Crippen molar-refractivity contribution in [2.75, 3.05) is 11.9 Å². The highest BCUT2D eigenvalue weighted by Crippen LogP contribution is 2.47. The van der Waals surface area contributed by atoms with Crippen LogP contribution in [-0.2, 0) is 16.0 Å². The minimum Gasteiger partial charge on any atom is -0.356 e. The summed E-state index contributed by atoms with van der Waals surface area (Å²) in [5.41, 5.74) is 3.04. The Balaban J connectivity index is 1.49. The van der Waals surface area contributed by atoms with Crippen molar-refractivity contribution in [3.05, 3.63) is 96.1 Å². The molecule has 1 heterocycles. The minimum absolute atomic E-state index is 0.0985. The van der Waals surface area contributed by atoms with E-state index in [2.05, 4.69) is 10.6 Å². The summed E-state index contributed by atoms with van der Waals surface area (Å²) in [4.78, 5) is 26.8. The molecular weight excluding hydrogens is 392 g/mol. The molecule has 0 bridgehead atoms. The number of amides is 2. The molecule has 0 fully saturated rings. The summed E-state index contributed by atoms with van der Waals surface area (Å²) in [6, 6.07) is 27.8. The van der Waals surface area contributed by atoms with Gasteiger partial charge in [-0.15, -0.1) is 11.8 Å². The number of carbonyl (C=O) groups is 2. The Morgan fingerprint density at radius 2 is 1.57 bits per heavy atom. The van der Waals surface area contributed by atoms with Gasteiger partial charge in [0, 0.05) is 23.1 Å². The second-order valence-electron chi connectivity index (χ2n) is 7.33. The van der Waals surface area contributed by atoms with Crippen molar-refractivity contribution >= 4 is 29.3 Å². The van der Waals surface area contributed by atoms with E-state index in [0.717, 1.165) is 22.6 Å². The predicted molar refractivity (Wildman–Crippen MR) is 121 cm³/mol. The second kappa shape index (κ2) is 9.63. The van der Waals surface area contributed by atoms with E-state index < -0.39 is 5.92 Å². The standard InChI is InChI=1S/C25H24N2O2S/c28-23(26-16-15-18-9-3-1-4-10-18)17-20-24(19-11-5-2-6-12-19)30-22-14-8-7-13-21(22)27-25(20)29/h1-14,20,24H,15-17H2,(H,26,28)(H,27,29)/t20-,24-/m1/s1. The number of hydrogen-bond acceptors (Lipinski definition) is 3. The van der Waals surface area contributed by atoms with Gasteiger partial charge in [0.25, 0.3) is 0 Å². The third kappa shape index (κ3) is 4.92. The number of nitrogens with one attached hydrogen (secondary N) is 2. The molecular formula is C25H24N2O2S. The van der Waals surface area contributed by atoms with Crippen molar-refractivity contribution in [2.45, 2.75) is 23.0 Å². The van der Waals surface area contributed by atoms with Crippen molar-refractivity contribution < 1.29 is 9.59 Å². The van der Waals surface area contributed by atoms with Crippen LogP contribution >= 0.6 is 11.8 Å². The number of anilines is 1. The zero-order valence-electron chi connectivity index (χ0n) is 16.6. The molecule has 3 aromatic rings. The fourth-order valence-corrected chi connectivity index (χ4v) is 5.01. The van der Waals surface area contributed by atoms with Crippen LogP contribution in [0.5, 0.6) is 0 Å². The van der Waals surface area contributed by atoms with Crippen molar-refractivity contribution in [2.24, 2.45) is 5.92 Å². The fourth-order valence-electron chi connectivity index (χ4n) is 3.66. The van der Waals surface area contributed by atoms with E-state index >= 15 is 0 Å². The maximum atomic E-state index is 13.1. The molecule has 0 spiro atoms. The predicted octanol–water partition coefficient (Wildman–Crippen LogP) is 4.84. The van der Waals surface area contributed by atoms with Crippen molar-refractivity contribution in [3.63, 3.8) is 0 Å². The zero-order valence-corrected chi connectivity index (χ0v) is 17.4. The molecule has 4 nitrogen and oxygen atoms in total. The van der Waals surface area contributed by atoms with Crippen LogP contribution in [0.4, 0.5) is 5.69 Å². The molecule has 0 unspecified atom stereocenters. The fraction of sp³-hybridized carbons (Fsp3) is 0.200. The summed E-state index contributed by atoms with van der Waals surface area (Å²) in [6.45, 7) is 0.556. The highest BCUT2D eigenvalue weighted by molar-refractivity contribution is 7.99. The third-order valence-corrected chi connectivity index (χ3v) is 6.68. The summed E-state index contributed by atoms with van der Waals surface area (Å²) in [5.74, 6) is -0.667. The molecule has 2 N–H and O–H groups in total. The van der Waals surface area contributed by atoms with Gasteiger partial charge in [-0.1, -0.05) is 72.8 Å². The van der Waals surface area contributed by atoms with Gasteiger partial charge in [-0.05, 0) is 29.7 Å². The number of para-hydroxylation sites is 1. The molecule has 1 aliphatic rings. The van der Waals surface area contributed by atoms with E-state index in [1.165, 1.54) is 5.56 Å². The summed E-state index contributed by atoms with van der Waals surface area (Å²) in [5, 5.41) is 5.87. The highest BCUT2D eigenvalue weighted by Gasteiger charge is 2.35. The van der Waals surface area contributed by atoms with E-state index in [-0.39, 0.29) is 23.5 Å². The first-order valence-electron chi connectivity index (χ1n) is 10.1. The molecule has 0 saturated heterocycles. The molecule has 0 radical (unpaired) electrons. The molecule has 2 amide bonds. The Morgan fingerprint density at radius 3 is 2.33 bits per heavy atom. The van der Waals surface area contributed by atoms with Crippen LogP contribution in [0.25, 0.3) is 0 Å². The lowest BCUT2D eigenvalue weighted by atomic mass is 9.94. The number of fused-ring (bicyclic) bond motifs is 1. The smallest absolute Gasteiger partial charge is 0.229 e. The van der Waals surface area contributed by atoms with Crippen LogP contribution < -0.4 is 10.6 Å². The number of hydrogen-bond donors (Lipinski definition) is 2. The molecule has 3 aromatic carbocycles. The van der Waals surface area contributed by atoms with Crippen LogP contribution in [0.15, 0.2) is 89.8 Å². The Kier molecular flexibility index (Phi) is 6.50. The number of benzene rings is 3. The first-order chi connectivity index (χ1) is 14.7. The normalized spacial score (nSPS) is 18.1. The molecule has 1 aliphatic heterocycles. The maximum absolute atomic E-state index is 13.1. The molecule has 5 heteroatoms. The third-order valence-electron chi connectivity index (χ3n) is 5.21. The van der Waals surface area contributed by atoms with Crippen LogP contribution in [-0.4, -0.2) is 18.4 Å². The average Bonchev–Trinajstić information content (AvgIpc) is 2.91. The summed E-state index contributed by atoms with van der Waals surface area (Å²) in [6.07, 6.45) is 0.924. The van der Waals surface area contributed by atoms with E-state index in [9.17, 15) is 9.59 Å². The largest absolute Gasteiger partial charge is 0.356 e. The van der Waals surface area contributed by atoms with Gasteiger partial charge >= 0.3 is 0 Å². The number of carbonyl (C=O) groups excluding carboxylic acids is 2. The lowest BCUT2D eigenvalue weighted by Gasteiger charge is -2.23. The topological polar surface area (TPSA) is 58.2 Å². The van der Waals surface area contributed by atoms with Crippen LogP contribution in [0, 0.1) is 5.92 Å². The van der Waals surface area contributed by atoms with E-state index in [0.29, 0.717) is 6.54 Å². The Morgan fingerprint density at radius 1 is 0.900 bits per heavy atom. The van der Waals surface area contributed by atoms with E-state index in [1.807, 2.05) is 84.9 Å². The van der Waals surface area contributed by atoms with Gasteiger partial charge in [0.1, 0.15) is 0 Å². The van der Waals surface area contributed by atoms with Crippen LogP contribution in [0.3, 0.4) is 0 Å². The Bertz CT molecular complexity index is 1010. The Labute approximate surface area is 181 Å². The lowest BCUT2D eigenvalue weighted by molar-refractivity contribution is -0.127. The lowest BCUT2D eigenvalue weighted by Crippen LogP contribution is -2.33. The summed E-state index contributed by atoms with van der Waals surface area (Å²) >= 11 is 1.64. The first kappa shape index (κ1) is 20.2. The molecule has 0 saturated carbocycles. The highest BCUT2D eigenvalue weighted by atomic mass is 32.2. The van der Waals surface area contributed by atoms with Gasteiger partial charge < -0.3 is 10.6 Å². The molecule has 0 aliphatic carbocycles. The minimum atomic E-state index is -0.457. The van der Waals surface area contributed by atoms with Gasteiger partial charge in [0.05, 0.1) is 11.6 Å². The monoisotopic (exact) mass is 416 g/mol. The van der Waals surface area contributed by atoms with Gasteiger partial charge in [0.2, 0.25) is 11.8 Å². The van der Waals surface area contributed by atoms with Gasteiger partial charge in [-0.25, -0.2) is 0 Å². The quantitative estimate of drug-likeness (QED) is 0.605. The molecule has 2 atom stereocenters. The van der Waals surface area contributed by atoms with Crippen LogP contribution in [0.2, 0.25) is 0 Å². The van der Waals surface area contributed by atoms with Crippen molar-refractivity contribution in [1.82, 2.24) is 5.32 Å². The summed E-state index contributed by atoms with van der Waals surface area (Å²) in [7, 11) is 0. The second-order valence-corrected chi connectivity index (χ2v) is 8.51. The molecule has 4 rings (SSSR count). The molecule has 0 aromatic heterocycles. The van der Waals surface area contributed by atoms with Crippen LogP contribution in [0.1, 0.15) is 22.8 Å². The number of thioether (sulfide) groups is 1. The molecule has 152 valence electrons.